The fourth-order valence-corrected chi connectivity index (χ4v) is 2.80. The number of nitrogens with one attached hydrogen (secondary N) is 3. The predicted molar refractivity (Wildman–Crippen MR) is 109 cm³/mol. The number of carbonyl (C=O) groups is 3. The van der Waals surface area contributed by atoms with Crippen molar-refractivity contribution in [2.75, 3.05) is 13.1 Å². The quantitative estimate of drug-likeness (QED) is 0.338. The van der Waals surface area contributed by atoms with Crippen molar-refractivity contribution in [1.82, 2.24) is 16.0 Å². The molecule has 5 N–H and O–H groups in total. The molecule has 0 bridgehead atoms. The zero-order valence-electron chi connectivity index (χ0n) is 17.9. The first-order chi connectivity index (χ1) is 12.6. The number of Topliss-reactive ketones (excluding diaryl/α,β-unsaturated/α-hetero) is 1. The Balaban J connectivity index is 4.73. The molecule has 0 saturated carbocycles. The smallest absolute Gasteiger partial charge is 0.239 e. The molecule has 3 atom stereocenters. The van der Waals surface area contributed by atoms with Gasteiger partial charge in [0, 0.05) is 12.0 Å². The lowest BCUT2D eigenvalue weighted by Crippen LogP contribution is -2.53. The Morgan fingerprint density at radius 3 is 2.11 bits per heavy atom. The monoisotopic (exact) mass is 384 g/mol. The van der Waals surface area contributed by atoms with Crippen molar-refractivity contribution in [3.05, 3.63) is 0 Å². The van der Waals surface area contributed by atoms with Crippen LogP contribution in [0.4, 0.5) is 0 Å². The third-order valence-electron chi connectivity index (χ3n) is 4.63. The maximum atomic E-state index is 12.5. The molecule has 0 aromatic rings. The minimum absolute atomic E-state index is 0.00524. The standard InChI is InChI=1S/C20H40N4O3/c1-7-15(6)18(23-14(4)5)20(27)22-12-17(25)24-16(10-8-9-11-21)19(26)13(2)3/h13-16,18,23H,7-12,21H2,1-6H3,(H,22,27)(H,24,25)/t15?,16-,18-/m0/s1. The van der Waals surface area contributed by atoms with Crippen LogP contribution in [0.15, 0.2) is 0 Å². The maximum Gasteiger partial charge on any atom is 0.239 e. The molecule has 0 aliphatic rings. The molecule has 0 saturated heterocycles. The number of ketones is 1. The number of rotatable bonds is 14. The Morgan fingerprint density at radius 1 is 1.00 bits per heavy atom. The van der Waals surface area contributed by atoms with Gasteiger partial charge in [0.1, 0.15) is 0 Å². The molecule has 27 heavy (non-hydrogen) atoms. The molecule has 0 aromatic heterocycles. The Hall–Kier alpha value is -1.47. The van der Waals surface area contributed by atoms with Crippen LogP contribution >= 0.6 is 0 Å². The summed E-state index contributed by atoms with van der Waals surface area (Å²) in [4.78, 5) is 37.1. The van der Waals surface area contributed by atoms with Crippen molar-refractivity contribution in [2.24, 2.45) is 17.6 Å². The van der Waals surface area contributed by atoms with Crippen LogP contribution in [-0.2, 0) is 14.4 Å². The maximum absolute atomic E-state index is 12.5. The van der Waals surface area contributed by atoms with E-state index in [1.807, 2.05) is 41.5 Å². The second kappa shape index (κ2) is 13.7. The minimum atomic E-state index is -0.528. The largest absolute Gasteiger partial charge is 0.346 e. The average molecular weight is 385 g/mol. The molecule has 0 aliphatic carbocycles. The van der Waals surface area contributed by atoms with Crippen LogP contribution in [0.2, 0.25) is 0 Å². The average Bonchev–Trinajstić information content (AvgIpc) is 2.61. The molecule has 0 aromatic carbocycles. The molecular formula is C20H40N4O3. The molecule has 7 nitrogen and oxygen atoms in total. The molecule has 0 fully saturated rings. The summed E-state index contributed by atoms with van der Waals surface area (Å²) < 4.78 is 0. The van der Waals surface area contributed by atoms with Crippen LogP contribution < -0.4 is 21.7 Å². The van der Waals surface area contributed by atoms with E-state index in [0.717, 1.165) is 19.3 Å². The lowest BCUT2D eigenvalue weighted by molar-refractivity contribution is -0.131. The normalized spacial score (nSPS) is 14.7. The van der Waals surface area contributed by atoms with Crippen molar-refractivity contribution in [2.45, 2.75) is 85.4 Å². The van der Waals surface area contributed by atoms with Gasteiger partial charge in [0.15, 0.2) is 5.78 Å². The zero-order chi connectivity index (χ0) is 21.0. The van der Waals surface area contributed by atoms with E-state index < -0.39 is 6.04 Å². The number of carbonyl (C=O) groups excluding carboxylic acids is 3. The van der Waals surface area contributed by atoms with Crippen molar-refractivity contribution in [3.63, 3.8) is 0 Å². The van der Waals surface area contributed by atoms with E-state index in [1.165, 1.54) is 0 Å². The second-order valence-electron chi connectivity index (χ2n) is 7.86. The first-order valence-electron chi connectivity index (χ1n) is 10.2. The summed E-state index contributed by atoms with van der Waals surface area (Å²) in [7, 11) is 0. The Labute approximate surface area is 164 Å². The van der Waals surface area contributed by atoms with Gasteiger partial charge >= 0.3 is 0 Å². The van der Waals surface area contributed by atoms with Gasteiger partial charge in [-0.25, -0.2) is 0 Å². The molecular weight excluding hydrogens is 344 g/mol. The number of unbranched alkanes of at least 4 members (excludes halogenated alkanes) is 1. The summed E-state index contributed by atoms with van der Waals surface area (Å²) in [6, 6.07) is -0.709. The summed E-state index contributed by atoms with van der Waals surface area (Å²) in [6.45, 7) is 12.1. The van der Waals surface area contributed by atoms with Gasteiger partial charge in [0.05, 0.1) is 18.6 Å². The van der Waals surface area contributed by atoms with Gasteiger partial charge in [-0.2, -0.15) is 0 Å². The molecule has 0 rings (SSSR count). The van der Waals surface area contributed by atoms with Crippen LogP contribution in [0.1, 0.15) is 67.2 Å². The molecule has 0 radical (unpaired) electrons. The molecule has 0 aliphatic heterocycles. The third kappa shape index (κ3) is 10.4. The Bertz CT molecular complexity index is 466. The van der Waals surface area contributed by atoms with Crippen LogP contribution in [-0.4, -0.2) is 48.8 Å². The molecule has 158 valence electrons. The fraction of sp³-hybridized carbons (Fsp3) is 0.850. The van der Waals surface area contributed by atoms with Gasteiger partial charge in [0.25, 0.3) is 0 Å². The van der Waals surface area contributed by atoms with Gasteiger partial charge in [-0.1, -0.05) is 48.0 Å². The highest BCUT2D eigenvalue weighted by Gasteiger charge is 2.26. The molecule has 0 heterocycles. The summed E-state index contributed by atoms with van der Waals surface area (Å²) in [5.41, 5.74) is 5.51. The van der Waals surface area contributed by atoms with E-state index in [4.69, 9.17) is 5.73 Å². The number of hydrogen-bond acceptors (Lipinski definition) is 5. The van der Waals surface area contributed by atoms with E-state index >= 15 is 0 Å². The van der Waals surface area contributed by atoms with Crippen LogP contribution in [0, 0.1) is 11.8 Å². The Kier molecular flexibility index (Phi) is 12.9. The minimum Gasteiger partial charge on any atom is -0.346 e. The predicted octanol–water partition coefficient (Wildman–Crippen LogP) is 1.35. The summed E-state index contributed by atoms with van der Waals surface area (Å²) in [5, 5.41) is 8.72. The number of nitrogens with two attached hydrogens (primary N) is 1. The van der Waals surface area contributed by atoms with Gasteiger partial charge < -0.3 is 21.7 Å². The number of hydrogen-bond donors (Lipinski definition) is 4. The SMILES string of the molecule is CCC(C)[C@H](NC(C)C)C(=O)NCC(=O)N[C@@H](CCCCN)C(=O)C(C)C. The molecule has 0 spiro atoms. The third-order valence-corrected chi connectivity index (χ3v) is 4.63. The van der Waals surface area contributed by atoms with Crippen LogP contribution in [0.25, 0.3) is 0 Å². The lowest BCUT2D eigenvalue weighted by Gasteiger charge is -2.26. The van der Waals surface area contributed by atoms with E-state index in [0.29, 0.717) is 13.0 Å². The van der Waals surface area contributed by atoms with E-state index in [-0.39, 0.29) is 48.1 Å². The van der Waals surface area contributed by atoms with E-state index in [9.17, 15) is 14.4 Å². The lowest BCUT2D eigenvalue weighted by atomic mass is 9.97. The summed E-state index contributed by atoms with van der Waals surface area (Å²) >= 11 is 0. The Morgan fingerprint density at radius 2 is 1.63 bits per heavy atom. The van der Waals surface area contributed by atoms with Gasteiger partial charge in [-0.15, -0.1) is 0 Å². The fourth-order valence-electron chi connectivity index (χ4n) is 2.80. The zero-order valence-corrected chi connectivity index (χ0v) is 17.9. The first kappa shape index (κ1) is 25.5. The summed E-state index contributed by atoms with van der Waals surface area (Å²) in [6.07, 6.45) is 3.01. The highest BCUT2D eigenvalue weighted by atomic mass is 16.2. The highest BCUT2D eigenvalue weighted by Crippen LogP contribution is 2.09. The highest BCUT2D eigenvalue weighted by molar-refractivity contribution is 5.92. The van der Waals surface area contributed by atoms with Crippen LogP contribution in [0.3, 0.4) is 0 Å². The van der Waals surface area contributed by atoms with Crippen molar-refractivity contribution >= 4 is 17.6 Å². The topological polar surface area (TPSA) is 113 Å². The molecule has 1 unspecified atom stereocenters. The van der Waals surface area contributed by atoms with Crippen LogP contribution in [0.5, 0.6) is 0 Å². The van der Waals surface area contributed by atoms with E-state index in [1.54, 1.807) is 0 Å². The van der Waals surface area contributed by atoms with Crippen molar-refractivity contribution < 1.29 is 14.4 Å². The molecule has 7 heteroatoms. The van der Waals surface area contributed by atoms with Crippen molar-refractivity contribution in [1.29, 1.82) is 0 Å². The van der Waals surface area contributed by atoms with E-state index in [2.05, 4.69) is 16.0 Å². The van der Waals surface area contributed by atoms with Gasteiger partial charge in [-0.3, -0.25) is 14.4 Å². The summed E-state index contributed by atoms with van der Waals surface area (Å²) in [5.74, 6) is -0.536. The van der Waals surface area contributed by atoms with Gasteiger partial charge in [0.2, 0.25) is 11.8 Å². The first-order valence-corrected chi connectivity index (χ1v) is 10.2. The molecule has 2 amide bonds. The van der Waals surface area contributed by atoms with Crippen molar-refractivity contribution in [3.8, 4) is 0 Å². The van der Waals surface area contributed by atoms with Gasteiger partial charge in [-0.05, 0) is 31.7 Å². The second-order valence-corrected chi connectivity index (χ2v) is 7.86. The number of amides is 2.